The summed E-state index contributed by atoms with van der Waals surface area (Å²) in [4.78, 5) is 0. The van der Waals surface area contributed by atoms with E-state index in [1.807, 2.05) is 0 Å². The quantitative estimate of drug-likeness (QED) is 0.437. The van der Waals surface area contributed by atoms with E-state index in [9.17, 15) is 0 Å². The van der Waals surface area contributed by atoms with Crippen LogP contribution in [0.5, 0.6) is 0 Å². The van der Waals surface area contributed by atoms with Gasteiger partial charge in [-0.25, -0.2) is 0 Å². The largest absolute Gasteiger partial charge is 0.394 e. The van der Waals surface area contributed by atoms with Crippen LogP contribution in [0.3, 0.4) is 0 Å². The van der Waals surface area contributed by atoms with Gasteiger partial charge in [0.15, 0.2) is 0 Å². The molecule has 0 heterocycles. The molecular formula is C3H8O2. The summed E-state index contributed by atoms with van der Waals surface area (Å²) in [6, 6.07) is 0. The van der Waals surface area contributed by atoms with Crippen LogP contribution in [0, 0.1) is 0 Å². The Hall–Kier alpha value is -0.0800. The molecule has 0 aromatic heterocycles. The molecule has 0 aliphatic carbocycles. The van der Waals surface area contributed by atoms with Gasteiger partial charge in [-0.2, -0.15) is 0 Å². The number of aliphatic hydroxyl groups is 2. The summed E-state index contributed by atoms with van der Waals surface area (Å²) in [6.45, 7) is 0.0162. The minimum absolute atomic E-state index is 0.926. The van der Waals surface area contributed by atoms with Crippen LogP contribution >= 0.6 is 0 Å². The highest BCUT2D eigenvalue weighted by molar-refractivity contribution is 4.33. The van der Waals surface area contributed by atoms with Crippen LogP contribution in [0.1, 0.15) is 8.29 Å². The summed E-state index contributed by atoms with van der Waals surface area (Å²) in [5.74, 6) is 0. The molecule has 0 amide bonds. The van der Waals surface area contributed by atoms with E-state index in [1.165, 1.54) is 6.92 Å². The molecule has 0 spiro atoms. The summed E-state index contributed by atoms with van der Waals surface area (Å²) in [5.41, 5.74) is 0. The topological polar surface area (TPSA) is 40.5 Å². The highest BCUT2D eigenvalue weighted by Crippen LogP contribution is 1.68. The van der Waals surface area contributed by atoms with Crippen molar-refractivity contribution < 1.29 is 11.6 Å². The predicted octanol–water partition coefficient (Wildman–Crippen LogP) is -0.641. The van der Waals surface area contributed by atoms with Crippen molar-refractivity contribution in [2.45, 2.75) is 13.0 Å². The standard InChI is InChI=1S/C3H8O2/c1-3(5)2-4/h3-5H,2H2,1H3/i2D. The smallest absolute Gasteiger partial charge is 0.0742 e. The zero-order valence-corrected chi connectivity index (χ0v) is 3.05. The Morgan fingerprint density at radius 2 is 2.40 bits per heavy atom. The average Bonchev–Trinajstić information content (AvgIpc) is 1.36. The number of hydrogen-bond acceptors (Lipinski definition) is 2. The van der Waals surface area contributed by atoms with Crippen molar-refractivity contribution in [3.05, 3.63) is 0 Å². The van der Waals surface area contributed by atoms with Crippen LogP contribution in [0.15, 0.2) is 0 Å². The monoisotopic (exact) mass is 77.1 g/mol. The second-order valence-electron chi connectivity index (χ2n) is 0.890. The second kappa shape index (κ2) is 2.18. The fourth-order valence-electron chi connectivity index (χ4n) is 0. The molecule has 5 heavy (non-hydrogen) atoms. The van der Waals surface area contributed by atoms with Crippen molar-refractivity contribution in [3.63, 3.8) is 0 Å². The highest BCUT2D eigenvalue weighted by atomic mass is 16.3. The molecule has 2 N–H and O–H groups in total. The predicted molar refractivity (Wildman–Crippen MR) is 18.8 cm³/mol. The minimum Gasteiger partial charge on any atom is -0.394 e. The van der Waals surface area contributed by atoms with Crippen molar-refractivity contribution in [2.75, 3.05) is 6.58 Å². The molecule has 0 saturated carbocycles. The summed E-state index contributed by atoms with van der Waals surface area (Å²) >= 11 is 0. The van der Waals surface area contributed by atoms with E-state index < -0.39 is 12.7 Å². The fraction of sp³-hybridized carbons (Fsp3) is 1.00. The van der Waals surface area contributed by atoms with E-state index in [2.05, 4.69) is 0 Å². The SMILES string of the molecule is [2H]C(O)C(C)O. The van der Waals surface area contributed by atoms with Crippen LogP contribution in [-0.4, -0.2) is 22.9 Å². The number of hydrogen-bond donors (Lipinski definition) is 2. The molecule has 32 valence electrons. The minimum atomic E-state index is -1.34. The molecule has 2 unspecified atom stereocenters. The lowest BCUT2D eigenvalue weighted by atomic mass is 10.5. The van der Waals surface area contributed by atoms with Gasteiger partial charge < -0.3 is 10.2 Å². The molecule has 2 nitrogen and oxygen atoms in total. The van der Waals surface area contributed by atoms with Crippen molar-refractivity contribution in [2.24, 2.45) is 0 Å². The Bertz CT molecular complexity index is 29.8. The summed E-state index contributed by atoms with van der Waals surface area (Å²) in [7, 11) is 0. The number of rotatable bonds is 1. The van der Waals surface area contributed by atoms with E-state index in [0.29, 0.717) is 0 Å². The van der Waals surface area contributed by atoms with Gasteiger partial charge in [-0.15, -0.1) is 0 Å². The Morgan fingerprint density at radius 3 is 2.40 bits per heavy atom. The second-order valence-corrected chi connectivity index (χ2v) is 0.890. The van der Waals surface area contributed by atoms with E-state index in [0.717, 1.165) is 0 Å². The summed E-state index contributed by atoms with van der Waals surface area (Å²) < 4.78 is 6.34. The van der Waals surface area contributed by atoms with Crippen LogP contribution in [-0.2, 0) is 0 Å². The van der Waals surface area contributed by atoms with Gasteiger partial charge >= 0.3 is 0 Å². The van der Waals surface area contributed by atoms with Crippen molar-refractivity contribution >= 4 is 0 Å². The van der Waals surface area contributed by atoms with Gasteiger partial charge in [0.1, 0.15) is 0 Å². The van der Waals surface area contributed by atoms with E-state index in [1.54, 1.807) is 0 Å². The van der Waals surface area contributed by atoms with Gasteiger partial charge in [0, 0.05) is 0 Å². The molecule has 0 fully saturated rings. The molecule has 2 atom stereocenters. The van der Waals surface area contributed by atoms with Gasteiger partial charge in [-0.3, -0.25) is 0 Å². The molecule has 0 aliphatic rings. The zero-order chi connectivity index (χ0) is 5.15. The zero-order valence-electron chi connectivity index (χ0n) is 4.05. The van der Waals surface area contributed by atoms with E-state index in [4.69, 9.17) is 11.6 Å². The lowest BCUT2D eigenvalue weighted by molar-refractivity contribution is 0.110. The Kier molecular flexibility index (Phi) is 1.36. The first-order valence-corrected chi connectivity index (χ1v) is 1.43. The number of aliphatic hydroxyl groups excluding tert-OH is 2. The maximum Gasteiger partial charge on any atom is 0.0742 e. The van der Waals surface area contributed by atoms with Gasteiger partial charge in [0.25, 0.3) is 0 Å². The van der Waals surface area contributed by atoms with Crippen LogP contribution in [0.25, 0.3) is 0 Å². The summed E-state index contributed by atoms with van der Waals surface area (Å²) in [6.07, 6.45) is -0.926. The average molecular weight is 77.1 g/mol. The normalized spacial score (nSPS) is 24.2. The molecule has 0 radical (unpaired) electrons. The van der Waals surface area contributed by atoms with Crippen molar-refractivity contribution in [1.29, 1.82) is 0 Å². The molecular weight excluding hydrogens is 68.0 g/mol. The third-order valence-corrected chi connectivity index (χ3v) is 0.216. The van der Waals surface area contributed by atoms with Crippen molar-refractivity contribution in [3.8, 4) is 0 Å². The lowest BCUT2D eigenvalue weighted by Gasteiger charge is -1.90. The first-order chi connectivity index (χ1) is 2.64. The first kappa shape index (κ1) is 3.12. The molecule has 2 heteroatoms. The molecule has 0 aromatic carbocycles. The van der Waals surface area contributed by atoms with E-state index in [-0.39, 0.29) is 0 Å². The van der Waals surface area contributed by atoms with Crippen LogP contribution < -0.4 is 0 Å². The van der Waals surface area contributed by atoms with Crippen LogP contribution in [0.2, 0.25) is 0 Å². The van der Waals surface area contributed by atoms with Gasteiger partial charge in [0.05, 0.1) is 14.1 Å². The highest BCUT2D eigenvalue weighted by Gasteiger charge is 1.83. The molecule has 0 aromatic rings. The third kappa shape index (κ3) is 3.92. The van der Waals surface area contributed by atoms with Crippen LogP contribution in [0.4, 0.5) is 0 Å². The first-order valence-electron chi connectivity index (χ1n) is 2.00. The van der Waals surface area contributed by atoms with Gasteiger partial charge in [0.2, 0.25) is 0 Å². The maximum absolute atomic E-state index is 8.19. The Balaban J connectivity index is 2.99. The fourth-order valence-corrected chi connectivity index (χ4v) is 0. The van der Waals surface area contributed by atoms with Gasteiger partial charge in [-0.05, 0) is 6.92 Å². The molecule has 0 saturated heterocycles. The molecule has 0 aliphatic heterocycles. The Morgan fingerprint density at radius 1 is 2.20 bits per heavy atom. The molecule has 0 rings (SSSR count). The molecule has 0 bridgehead atoms. The van der Waals surface area contributed by atoms with Gasteiger partial charge in [-0.1, -0.05) is 0 Å². The van der Waals surface area contributed by atoms with E-state index >= 15 is 0 Å². The van der Waals surface area contributed by atoms with Crippen molar-refractivity contribution in [1.82, 2.24) is 0 Å². The maximum atomic E-state index is 8.19. The third-order valence-electron chi connectivity index (χ3n) is 0.216. The lowest BCUT2D eigenvalue weighted by Crippen LogP contribution is -2.03. The summed E-state index contributed by atoms with van der Waals surface area (Å²) in [5, 5.41) is 16.2. The Labute approximate surface area is 32.5 Å².